The van der Waals surface area contributed by atoms with Gasteiger partial charge in [-0.1, -0.05) is 13.8 Å². The average Bonchev–Trinajstić information content (AvgIpc) is 3.37. The Balaban J connectivity index is 1.41. The van der Waals surface area contributed by atoms with E-state index in [2.05, 4.69) is 50.8 Å². The molecule has 2 aliphatic rings. The third-order valence-corrected chi connectivity index (χ3v) is 7.47. The molecule has 2 N–H and O–H groups in total. The fraction of sp³-hybridized carbons (Fsp3) is 0.348. The van der Waals surface area contributed by atoms with Gasteiger partial charge in [0.1, 0.15) is 0 Å². The van der Waals surface area contributed by atoms with E-state index in [4.69, 9.17) is 0 Å². The number of rotatable bonds is 1. The molecular weight excluding hydrogens is 362 g/mol. The number of hydrogen-bond acceptors (Lipinski definition) is 3. The molecule has 3 atom stereocenters. The molecule has 6 nitrogen and oxygen atoms in total. The van der Waals surface area contributed by atoms with Crippen LogP contribution in [0.5, 0.6) is 0 Å². The summed E-state index contributed by atoms with van der Waals surface area (Å²) in [6.07, 6.45) is 5.28. The van der Waals surface area contributed by atoms with Gasteiger partial charge in [-0.25, -0.2) is 9.97 Å². The largest absolute Gasteiger partial charge is 0.345 e. The van der Waals surface area contributed by atoms with Gasteiger partial charge in [0.15, 0.2) is 0 Å². The van der Waals surface area contributed by atoms with Gasteiger partial charge in [0.25, 0.3) is 5.91 Å². The number of hydrogen-bond donors (Lipinski definition) is 2. The monoisotopic (exact) mass is 385 g/mol. The first-order chi connectivity index (χ1) is 14.0. The van der Waals surface area contributed by atoms with Crippen molar-refractivity contribution in [2.24, 2.45) is 5.92 Å². The van der Waals surface area contributed by atoms with E-state index in [0.29, 0.717) is 5.92 Å². The Morgan fingerprint density at radius 3 is 2.69 bits per heavy atom. The number of piperidine rings is 1. The maximum absolute atomic E-state index is 13.5. The molecule has 2 bridgehead atoms. The minimum atomic E-state index is 0.0650. The fourth-order valence-electron chi connectivity index (χ4n) is 5.55. The molecule has 3 heterocycles. The molecule has 1 aliphatic heterocycles. The Morgan fingerprint density at radius 1 is 1.10 bits per heavy atom. The molecule has 6 heteroatoms. The van der Waals surface area contributed by atoms with Crippen molar-refractivity contribution in [3.8, 4) is 0 Å². The van der Waals surface area contributed by atoms with Gasteiger partial charge in [-0.3, -0.25) is 4.79 Å². The van der Waals surface area contributed by atoms with Gasteiger partial charge < -0.3 is 14.9 Å². The van der Waals surface area contributed by atoms with Crippen molar-refractivity contribution in [1.29, 1.82) is 0 Å². The number of aromatic amines is 2. The van der Waals surface area contributed by atoms with Gasteiger partial charge in [0, 0.05) is 18.2 Å². The lowest BCUT2D eigenvalue weighted by molar-refractivity contribution is 0.0251. The summed E-state index contributed by atoms with van der Waals surface area (Å²) in [7, 11) is 0. The fourth-order valence-corrected chi connectivity index (χ4v) is 5.55. The van der Waals surface area contributed by atoms with Gasteiger partial charge in [0.05, 0.1) is 34.7 Å². The molecule has 146 valence electrons. The molecule has 2 aromatic heterocycles. The number of fused-ring (bicyclic) bond motifs is 6. The molecule has 6 rings (SSSR count). The van der Waals surface area contributed by atoms with Crippen LogP contribution < -0.4 is 0 Å². The number of nitrogens with one attached hydrogen (secondary N) is 2. The van der Waals surface area contributed by atoms with Crippen LogP contribution in [0.15, 0.2) is 43.0 Å². The topological polar surface area (TPSA) is 77.7 Å². The second kappa shape index (κ2) is 5.69. The maximum atomic E-state index is 13.5. The molecule has 29 heavy (non-hydrogen) atoms. The Morgan fingerprint density at radius 2 is 1.86 bits per heavy atom. The highest BCUT2D eigenvalue weighted by atomic mass is 16.2. The van der Waals surface area contributed by atoms with Crippen LogP contribution in [0.2, 0.25) is 0 Å². The summed E-state index contributed by atoms with van der Waals surface area (Å²) in [5.41, 5.74) is 7.44. The van der Waals surface area contributed by atoms with Crippen LogP contribution in [0.3, 0.4) is 0 Å². The molecule has 2 unspecified atom stereocenters. The second-order valence-corrected chi connectivity index (χ2v) is 8.79. The van der Waals surface area contributed by atoms with Crippen LogP contribution in [0.4, 0.5) is 0 Å². The first kappa shape index (κ1) is 16.8. The van der Waals surface area contributed by atoms with E-state index < -0.39 is 0 Å². The normalized spacial score (nSPS) is 26.1. The summed E-state index contributed by atoms with van der Waals surface area (Å²) in [6, 6.07) is 10.4. The zero-order chi connectivity index (χ0) is 19.8. The quantitative estimate of drug-likeness (QED) is 0.523. The van der Waals surface area contributed by atoms with Crippen molar-refractivity contribution in [3.63, 3.8) is 0 Å². The number of benzene rings is 2. The molecule has 1 aliphatic carbocycles. The number of H-pyrrole nitrogens is 2. The standard InChI is InChI=1S/C23H23N5O/c1-13-21-9-15-8-19-20(27-12-26-19)10-16(15)23(13,2)5-6-28(21)22(29)14-3-4-17-18(7-14)25-11-24-17/h3-4,7-8,10-13,21H,5-6,9H2,1-2H3,(H,24,25)(H,26,27)/t13?,21?,23-/m1/s1. The van der Waals surface area contributed by atoms with Gasteiger partial charge >= 0.3 is 0 Å². The molecule has 0 radical (unpaired) electrons. The summed E-state index contributed by atoms with van der Waals surface area (Å²) in [5.74, 6) is 0.506. The van der Waals surface area contributed by atoms with Crippen molar-refractivity contribution in [1.82, 2.24) is 24.8 Å². The predicted molar refractivity (Wildman–Crippen MR) is 112 cm³/mol. The number of amides is 1. The number of likely N-dealkylation sites (tertiary alicyclic amines) is 1. The van der Waals surface area contributed by atoms with E-state index in [1.165, 1.54) is 11.1 Å². The minimum absolute atomic E-state index is 0.0650. The Kier molecular flexibility index (Phi) is 3.29. The lowest BCUT2D eigenvalue weighted by atomic mass is 9.59. The van der Waals surface area contributed by atoms with Gasteiger partial charge in [-0.2, -0.15) is 0 Å². The third-order valence-electron chi connectivity index (χ3n) is 7.47. The van der Waals surface area contributed by atoms with Gasteiger partial charge in [0.2, 0.25) is 0 Å². The molecule has 1 fully saturated rings. The zero-order valence-electron chi connectivity index (χ0n) is 16.6. The van der Waals surface area contributed by atoms with Crippen LogP contribution in [0, 0.1) is 5.92 Å². The van der Waals surface area contributed by atoms with Gasteiger partial charge in [-0.05, 0) is 65.6 Å². The number of carbonyl (C=O) groups excluding carboxylic acids is 1. The molecular formula is C23H23N5O. The van der Waals surface area contributed by atoms with E-state index in [1.807, 2.05) is 18.2 Å². The second-order valence-electron chi connectivity index (χ2n) is 8.79. The average molecular weight is 385 g/mol. The summed E-state index contributed by atoms with van der Waals surface area (Å²) in [5, 5.41) is 0. The molecule has 4 aromatic rings. The van der Waals surface area contributed by atoms with Crippen molar-refractivity contribution in [2.75, 3.05) is 6.54 Å². The number of nitrogens with zero attached hydrogens (tertiary/aromatic N) is 3. The van der Waals surface area contributed by atoms with Crippen molar-refractivity contribution >= 4 is 28.0 Å². The van der Waals surface area contributed by atoms with Crippen LogP contribution in [0.25, 0.3) is 22.1 Å². The predicted octanol–water partition coefficient (Wildman–Crippen LogP) is 3.80. The van der Waals surface area contributed by atoms with E-state index in [1.54, 1.807) is 12.7 Å². The third kappa shape index (κ3) is 2.26. The number of carbonyl (C=O) groups is 1. The van der Waals surface area contributed by atoms with Crippen LogP contribution in [-0.4, -0.2) is 43.3 Å². The highest BCUT2D eigenvalue weighted by Crippen LogP contribution is 2.49. The summed E-state index contributed by atoms with van der Waals surface area (Å²) in [6.45, 7) is 5.45. The van der Waals surface area contributed by atoms with E-state index in [0.717, 1.165) is 47.0 Å². The highest BCUT2D eigenvalue weighted by molar-refractivity contribution is 5.97. The maximum Gasteiger partial charge on any atom is 0.254 e. The van der Waals surface area contributed by atoms with Crippen molar-refractivity contribution < 1.29 is 4.79 Å². The minimum Gasteiger partial charge on any atom is -0.345 e. The lowest BCUT2D eigenvalue weighted by Crippen LogP contribution is -2.59. The SMILES string of the molecule is CC1C2Cc3cc4[nH]cnc4cc3[C@]1(C)CCN2C(=O)c1ccc2nc[nH]c2c1. The van der Waals surface area contributed by atoms with Crippen molar-refractivity contribution in [2.45, 2.75) is 38.1 Å². The van der Waals surface area contributed by atoms with E-state index in [9.17, 15) is 4.79 Å². The van der Waals surface area contributed by atoms with Gasteiger partial charge in [-0.15, -0.1) is 0 Å². The molecule has 1 saturated heterocycles. The first-order valence-corrected chi connectivity index (χ1v) is 10.3. The smallest absolute Gasteiger partial charge is 0.254 e. The van der Waals surface area contributed by atoms with Crippen LogP contribution in [-0.2, 0) is 11.8 Å². The molecule has 2 aromatic carbocycles. The number of aromatic nitrogens is 4. The first-order valence-electron chi connectivity index (χ1n) is 10.3. The Labute approximate surface area is 168 Å². The number of imidazole rings is 2. The Hall–Kier alpha value is -3.15. The van der Waals surface area contributed by atoms with E-state index in [-0.39, 0.29) is 17.4 Å². The Bertz CT molecular complexity index is 1270. The van der Waals surface area contributed by atoms with Crippen LogP contribution in [0.1, 0.15) is 41.8 Å². The molecule has 0 spiro atoms. The highest BCUT2D eigenvalue weighted by Gasteiger charge is 2.49. The van der Waals surface area contributed by atoms with Crippen molar-refractivity contribution in [3.05, 3.63) is 59.7 Å². The summed E-state index contributed by atoms with van der Waals surface area (Å²) in [4.78, 5) is 30.6. The van der Waals surface area contributed by atoms with Crippen LogP contribution >= 0.6 is 0 Å². The molecule has 0 saturated carbocycles. The molecule has 1 amide bonds. The zero-order valence-corrected chi connectivity index (χ0v) is 16.6. The van der Waals surface area contributed by atoms with E-state index >= 15 is 0 Å². The summed E-state index contributed by atoms with van der Waals surface area (Å²) < 4.78 is 0. The lowest BCUT2D eigenvalue weighted by Gasteiger charge is -2.54. The summed E-state index contributed by atoms with van der Waals surface area (Å²) >= 11 is 0.